The summed E-state index contributed by atoms with van der Waals surface area (Å²) in [7, 11) is 0. The van der Waals surface area contributed by atoms with E-state index in [-0.39, 0.29) is 10.9 Å². The molecule has 82 valence electrons. The SMILES string of the molecule is Cc1ccc(N2CCC(Cl)C2(C)C)nn1. The van der Waals surface area contributed by atoms with Gasteiger partial charge in [-0.1, -0.05) is 0 Å². The Bertz CT molecular complexity index is 347. The molecule has 0 bridgehead atoms. The molecule has 4 heteroatoms. The first kappa shape index (κ1) is 10.7. The Balaban J connectivity index is 2.28. The fourth-order valence-corrected chi connectivity index (χ4v) is 2.21. The van der Waals surface area contributed by atoms with Gasteiger partial charge in [-0.25, -0.2) is 0 Å². The molecule has 0 aliphatic carbocycles. The molecule has 1 aliphatic rings. The lowest BCUT2D eigenvalue weighted by Crippen LogP contribution is -2.43. The van der Waals surface area contributed by atoms with Crippen LogP contribution in [-0.4, -0.2) is 27.7 Å². The third kappa shape index (κ3) is 1.81. The highest BCUT2D eigenvalue weighted by Crippen LogP contribution is 2.35. The van der Waals surface area contributed by atoms with Gasteiger partial charge in [-0.15, -0.1) is 16.7 Å². The maximum Gasteiger partial charge on any atom is 0.151 e. The van der Waals surface area contributed by atoms with Gasteiger partial charge in [0.1, 0.15) is 0 Å². The minimum atomic E-state index is -0.0362. The van der Waals surface area contributed by atoms with Crippen LogP contribution in [0.15, 0.2) is 12.1 Å². The van der Waals surface area contributed by atoms with Gasteiger partial charge in [0.2, 0.25) is 0 Å². The summed E-state index contributed by atoms with van der Waals surface area (Å²) < 4.78 is 0. The number of hydrogen-bond donors (Lipinski definition) is 0. The van der Waals surface area contributed by atoms with Crippen molar-refractivity contribution in [1.82, 2.24) is 10.2 Å². The third-order valence-corrected chi connectivity index (χ3v) is 3.88. The summed E-state index contributed by atoms with van der Waals surface area (Å²) in [5, 5.41) is 8.47. The molecule has 1 aliphatic heterocycles. The van der Waals surface area contributed by atoms with Gasteiger partial charge in [-0.05, 0) is 39.3 Å². The Kier molecular flexibility index (Phi) is 2.59. The standard InChI is InChI=1S/C11H16ClN3/c1-8-4-5-10(14-13-8)15-7-6-9(12)11(15,2)3/h4-5,9H,6-7H2,1-3H3. The largest absolute Gasteiger partial charge is 0.348 e. The van der Waals surface area contributed by atoms with E-state index in [2.05, 4.69) is 28.9 Å². The molecule has 2 rings (SSSR count). The van der Waals surface area contributed by atoms with Crippen molar-refractivity contribution in [2.45, 2.75) is 38.1 Å². The van der Waals surface area contributed by atoms with Crippen LogP contribution in [0.4, 0.5) is 5.82 Å². The van der Waals surface area contributed by atoms with E-state index in [1.54, 1.807) is 0 Å². The smallest absolute Gasteiger partial charge is 0.151 e. The molecule has 1 saturated heterocycles. The van der Waals surface area contributed by atoms with Gasteiger partial charge in [-0.2, -0.15) is 5.10 Å². The van der Waals surface area contributed by atoms with Crippen molar-refractivity contribution in [3.63, 3.8) is 0 Å². The highest BCUT2D eigenvalue weighted by atomic mass is 35.5. The zero-order chi connectivity index (χ0) is 11.1. The van der Waals surface area contributed by atoms with E-state index in [1.807, 2.05) is 19.1 Å². The van der Waals surface area contributed by atoms with E-state index < -0.39 is 0 Å². The number of nitrogens with zero attached hydrogens (tertiary/aromatic N) is 3. The van der Waals surface area contributed by atoms with Crippen molar-refractivity contribution in [1.29, 1.82) is 0 Å². The maximum atomic E-state index is 6.29. The van der Waals surface area contributed by atoms with E-state index >= 15 is 0 Å². The Morgan fingerprint density at radius 1 is 1.40 bits per heavy atom. The normalized spacial score (nSPS) is 24.5. The van der Waals surface area contributed by atoms with Crippen molar-refractivity contribution in [3.8, 4) is 0 Å². The van der Waals surface area contributed by atoms with Gasteiger partial charge in [-0.3, -0.25) is 0 Å². The van der Waals surface area contributed by atoms with Crippen molar-refractivity contribution in [3.05, 3.63) is 17.8 Å². The van der Waals surface area contributed by atoms with Crippen molar-refractivity contribution in [2.24, 2.45) is 0 Å². The van der Waals surface area contributed by atoms with Crippen molar-refractivity contribution >= 4 is 17.4 Å². The molecule has 2 heterocycles. The van der Waals surface area contributed by atoms with E-state index in [4.69, 9.17) is 11.6 Å². The lowest BCUT2D eigenvalue weighted by Gasteiger charge is -2.34. The second kappa shape index (κ2) is 3.63. The summed E-state index contributed by atoms with van der Waals surface area (Å²) in [6, 6.07) is 4.00. The lowest BCUT2D eigenvalue weighted by molar-refractivity contribution is 0.518. The average Bonchev–Trinajstić information content (AvgIpc) is 2.44. The molecule has 1 aromatic heterocycles. The minimum Gasteiger partial charge on any atom is -0.348 e. The molecule has 0 spiro atoms. The first-order chi connectivity index (χ1) is 7.01. The monoisotopic (exact) mass is 225 g/mol. The number of rotatable bonds is 1. The topological polar surface area (TPSA) is 29.0 Å². The van der Waals surface area contributed by atoms with Crippen molar-refractivity contribution in [2.75, 3.05) is 11.4 Å². The van der Waals surface area contributed by atoms with Crippen LogP contribution in [-0.2, 0) is 0 Å². The predicted octanol–water partition coefficient (Wildman–Crippen LogP) is 2.38. The molecule has 1 aromatic rings. The van der Waals surface area contributed by atoms with Gasteiger partial charge in [0, 0.05) is 6.54 Å². The molecule has 1 atom stereocenters. The molecular formula is C11H16ClN3. The molecule has 0 aromatic carbocycles. The minimum absolute atomic E-state index is 0.0362. The summed E-state index contributed by atoms with van der Waals surface area (Å²) in [4.78, 5) is 2.23. The van der Waals surface area contributed by atoms with Crippen LogP contribution in [0.25, 0.3) is 0 Å². The average molecular weight is 226 g/mol. The van der Waals surface area contributed by atoms with Crippen LogP contribution in [0, 0.1) is 6.92 Å². The number of aromatic nitrogens is 2. The van der Waals surface area contributed by atoms with E-state index in [1.165, 1.54) is 0 Å². The Morgan fingerprint density at radius 3 is 2.60 bits per heavy atom. The summed E-state index contributed by atoms with van der Waals surface area (Å²) in [5.74, 6) is 0.925. The molecule has 3 nitrogen and oxygen atoms in total. The fourth-order valence-electron chi connectivity index (χ4n) is 2.00. The van der Waals surface area contributed by atoms with Gasteiger partial charge < -0.3 is 4.90 Å². The number of halogens is 1. The fraction of sp³-hybridized carbons (Fsp3) is 0.636. The Hall–Kier alpha value is -0.830. The maximum absolute atomic E-state index is 6.29. The molecule has 0 N–H and O–H groups in total. The van der Waals surface area contributed by atoms with Gasteiger partial charge in [0.25, 0.3) is 0 Å². The number of hydrogen-bond acceptors (Lipinski definition) is 3. The second-order valence-electron chi connectivity index (χ2n) is 4.59. The number of aryl methyl sites for hydroxylation is 1. The summed E-state index contributed by atoms with van der Waals surface area (Å²) in [6.07, 6.45) is 1.00. The van der Waals surface area contributed by atoms with Crippen molar-refractivity contribution < 1.29 is 0 Å². The molecule has 1 unspecified atom stereocenters. The first-order valence-electron chi connectivity index (χ1n) is 5.24. The Morgan fingerprint density at radius 2 is 2.13 bits per heavy atom. The number of anilines is 1. The van der Waals surface area contributed by atoms with E-state index in [0.29, 0.717) is 0 Å². The van der Waals surface area contributed by atoms with Crippen LogP contribution >= 0.6 is 11.6 Å². The molecule has 0 saturated carbocycles. The summed E-state index contributed by atoms with van der Waals surface area (Å²) in [5.41, 5.74) is 0.907. The molecular weight excluding hydrogens is 210 g/mol. The highest BCUT2D eigenvalue weighted by Gasteiger charge is 2.40. The third-order valence-electron chi connectivity index (χ3n) is 3.13. The summed E-state index contributed by atoms with van der Waals surface area (Å²) in [6.45, 7) is 7.20. The predicted molar refractivity (Wildman–Crippen MR) is 62.5 cm³/mol. The van der Waals surface area contributed by atoms with Crippen LogP contribution in [0.3, 0.4) is 0 Å². The van der Waals surface area contributed by atoms with E-state index in [9.17, 15) is 0 Å². The van der Waals surface area contributed by atoms with Crippen LogP contribution in [0.5, 0.6) is 0 Å². The van der Waals surface area contributed by atoms with Gasteiger partial charge in [0.05, 0.1) is 16.6 Å². The molecule has 1 fully saturated rings. The molecule has 15 heavy (non-hydrogen) atoms. The van der Waals surface area contributed by atoms with E-state index in [0.717, 1.165) is 24.5 Å². The molecule has 0 amide bonds. The zero-order valence-electron chi connectivity index (χ0n) is 9.37. The Labute approximate surface area is 95.5 Å². The molecule has 0 radical (unpaired) electrons. The van der Waals surface area contributed by atoms with Crippen LogP contribution in [0.2, 0.25) is 0 Å². The van der Waals surface area contributed by atoms with Crippen LogP contribution in [0.1, 0.15) is 26.0 Å². The quantitative estimate of drug-likeness (QED) is 0.688. The lowest BCUT2D eigenvalue weighted by atomic mass is 10.0. The van der Waals surface area contributed by atoms with Gasteiger partial charge >= 0.3 is 0 Å². The second-order valence-corrected chi connectivity index (χ2v) is 5.12. The zero-order valence-corrected chi connectivity index (χ0v) is 10.1. The summed E-state index contributed by atoms with van der Waals surface area (Å²) >= 11 is 6.29. The van der Waals surface area contributed by atoms with Gasteiger partial charge in [0.15, 0.2) is 5.82 Å². The number of alkyl halides is 1. The highest BCUT2D eigenvalue weighted by molar-refractivity contribution is 6.22. The first-order valence-corrected chi connectivity index (χ1v) is 5.67. The van der Waals surface area contributed by atoms with Crippen LogP contribution < -0.4 is 4.90 Å².